The summed E-state index contributed by atoms with van der Waals surface area (Å²) in [5, 5.41) is 3.23. The van der Waals surface area contributed by atoms with E-state index in [0.717, 1.165) is 48.3 Å². The fourth-order valence-electron chi connectivity index (χ4n) is 4.70. The van der Waals surface area contributed by atoms with E-state index < -0.39 is 6.04 Å². The second-order valence-electron chi connectivity index (χ2n) is 9.41. The van der Waals surface area contributed by atoms with Crippen LogP contribution in [0, 0.1) is 6.92 Å². The van der Waals surface area contributed by atoms with Crippen molar-refractivity contribution < 1.29 is 19.1 Å². The van der Waals surface area contributed by atoms with Crippen molar-refractivity contribution in [1.29, 1.82) is 0 Å². The van der Waals surface area contributed by atoms with E-state index in [2.05, 4.69) is 11.4 Å². The maximum absolute atomic E-state index is 13.4. The van der Waals surface area contributed by atoms with Crippen LogP contribution in [0.1, 0.15) is 69.4 Å². The number of rotatable bonds is 12. The SMILES string of the molecule is CC[C@@H](C(=O)NC1CCCCC1)N(Cc1cccc(C)c1)C(=O)CCCOc1ccc(OC)cc1. The second-order valence-corrected chi connectivity index (χ2v) is 9.41. The number of amides is 2. The first-order valence-electron chi connectivity index (χ1n) is 12.9. The fourth-order valence-corrected chi connectivity index (χ4v) is 4.70. The molecule has 0 spiro atoms. The normalized spacial score (nSPS) is 14.7. The number of hydrogen-bond acceptors (Lipinski definition) is 4. The van der Waals surface area contributed by atoms with Crippen LogP contribution in [0.2, 0.25) is 0 Å². The summed E-state index contributed by atoms with van der Waals surface area (Å²) in [6.07, 6.45) is 7.08. The van der Waals surface area contributed by atoms with Gasteiger partial charge in [0.15, 0.2) is 0 Å². The molecular weight excluding hydrogens is 440 g/mol. The Labute approximate surface area is 210 Å². The molecule has 1 N–H and O–H groups in total. The van der Waals surface area contributed by atoms with Gasteiger partial charge in [0.05, 0.1) is 13.7 Å². The van der Waals surface area contributed by atoms with Crippen molar-refractivity contribution in [2.75, 3.05) is 13.7 Å². The molecule has 0 aromatic heterocycles. The van der Waals surface area contributed by atoms with Gasteiger partial charge in [0, 0.05) is 19.0 Å². The van der Waals surface area contributed by atoms with Gasteiger partial charge in [0.1, 0.15) is 17.5 Å². The largest absolute Gasteiger partial charge is 0.497 e. The Morgan fingerprint density at radius 1 is 1.06 bits per heavy atom. The van der Waals surface area contributed by atoms with Crippen LogP contribution in [-0.2, 0) is 16.1 Å². The molecular formula is C29H40N2O4. The van der Waals surface area contributed by atoms with Crippen LogP contribution in [0.3, 0.4) is 0 Å². The Balaban J connectivity index is 1.63. The topological polar surface area (TPSA) is 67.9 Å². The van der Waals surface area contributed by atoms with Crippen molar-refractivity contribution in [3.8, 4) is 11.5 Å². The first kappa shape index (κ1) is 26.6. The van der Waals surface area contributed by atoms with Gasteiger partial charge in [-0.2, -0.15) is 0 Å². The lowest BCUT2D eigenvalue weighted by Crippen LogP contribution is -2.51. The number of ether oxygens (including phenoxy) is 2. The number of methoxy groups -OCH3 is 1. The second kappa shape index (κ2) is 13.8. The summed E-state index contributed by atoms with van der Waals surface area (Å²) in [5.74, 6) is 1.47. The zero-order valence-electron chi connectivity index (χ0n) is 21.4. The van der Waals surface area contributed by atoms with Crippen LogP contribution in [0.15, 0.2) is 48.5 Å². The monoisotopic (exact) mass is 480 g/mol. The van der Waals surface area contributed by atoms with Crippen LogP contribution < -0.4 is 14.8 Å². The van der Waals surface area contributed by atoms with Crippen molar-refractivity contribution in [2.45, 2.75) is 83.8 Å². The Bertz CT molecular complexity index is 938. The third-order valence-electron chi connectivity index (χ3n) is 6.64. The van der Waals surface area contributed by atoms with Gasteiger partial charge in [0.2, 0.25) is 11.8 Å². The molecule has 0 saturated heterocycles. The third-order valence-corrected chi connectivity index (χ3v) is 6.64. The van der Waals surface area contributed by atoms with Gasteiger partial charge in [-0.05, 0) is 62.4 Å². The van der Waals surface area contributed by atoms with Gasteiger partial charge in [-0.15, -0.1) is 0 Å². The van der Waals surface area contributed by atoms with Crippen LogP contribution >= 0.6 is 0 Å². The van der Waals surface area contributed by atoms with E-state index in [1.807, 2.05) is 56.3 Å². The fraction of sp³-hybridized carbons (Fsp3) is 0.517. The summed E-state index contributed by atoms with van der Waals surface area (Å²) in [7, 11) is 1.63. The molecule has 190 valence electrons. The van der Waals surface area contributed by atoms with Crippen molar-refractivity contribution in [1.82, 2.24) is 10.2 Å². The number of hydrogen-bond donors (Lipinski definition) is 1. The zero-order chi connectivity index (χ0) is 25.0. The Kier molecular flexibility index (Phi) is 10.5. The molecule has 0 heterocycles. The molecule has 3 rings (SSSR count). The van der Waals surface area contributed by atoms with Crippen molar-refractivity contribution >= 4 is 11.8 Å². The Morgan fingerprint density at radius 3 is 2.43 bits per heavy atom. The molecule has 2 aromatic rings. The van der Waals surface area contributed by atoms with E-state index in [0.29, 0.717) is 32.4 Å². The minimum Gasteiger partial charge on any atom is -0.497 e. The summed E-state index contributed by atoms with van der Waals surface area (Å²) in [4.78, 5) is 28.4. The number of benzene rings is 2. The number of nitrogens with zero attached hydrogens (tertiary/aromatic N) is 1. The lowest BCUT2D eigenvalue weighted by Gasteiger charge is -2.33. The van der Waals surface area contributed by atoms with Crippen LogP contribution in [-0.4, -0.2) is 42.5 Å². The molecule has 0 aliphatic heterocycles. The van der Waals surface area contributed by atoms with Gasteiger partial charge in [-0.3, -0.25) is 9.59 Å². The number of nitrogens with one attached hydrogen (secondary N) is 1. The number of aryl methyl sites for hydroxylation is 1. The molecule has 1 fully saturated rings. The van der Waals surface area contributed by atoms with Gasteiger partial charge in [-0.1, -0.05) is 56.0 Å². The van der Waals surface area contributed by atoms with Gasteiger partial charge in [-0.25, -0.2) is 0 Å². The lowest BCUT2D eigenvalue weighted by atomic mass is 9.95. The first-order chi connectivity index (χ1) is 17.0. The van der Waals surface area contributed by atoms with E-state index in [4.69, 9.17) is 9.47 Å². The van der Waals surface area contributed by atoms with E-state index >= 15 is 0 Å². The molecule has 2 amide bonds. The van der Waals surface area contributed by atoms with Gasteiger partial charge in [0.25, 0.3) is 0 Å². The van der Waals surface area contributed by atoms with E-state index in [9.17, 15) is 9.59 Å². The summed E-state index contributed by atoms with van der Waals surface area (Å²) < 4.78 is 11.0. The van der Waals surface area contributed by atoms with Crippen molar-refractivity contribution in [3.63, 3.8) is 0 Å². The summed E-state index contributed by atoms with van der Waals surface area (Å²) >= 11 is 0. The van der Waals surface area contributed by atoms with Crippen LogP contribution in [0.5, 0.6) is 11.5 Å². The quantitative estimate of drug-likeness (QED) is 0.412. The number of carbonyl (C=O) groups is 2. The molecule has 35 heavy (non-hydrogen) atoms. The first-order valence-corrected chi connectivity index (χ1v) is 12.9. The standard InChI is InChI=1S/C29H40N2O4/c1-4-27(29(33)30-24-12-6-5-7-13-24)31(21-23-11-8-10-22(2)20-23)28(32)14-9-19-35-26-17-15-25(34-3)16-18-26/h8,10-11,15-18,20,24,27H,4-7,9,12-14,19,21H2,1-3H3,(H,30,33)/t27-/m0/s1. The molecule has 6 heteroatoms. The predicted molar refractivity (Wildman–Crippen MR) is 139 cm³/mol. The average molecular weight is 481 g/mol. The molecule has 1 aliphatic carbocycles. The highest BCUT2D eigenvalue weighted by Crippen LogP contribution is 2.20. The Hall–Kier alpha value is -3.02. The van der Waals surface area contributed by atoms with Gasteiger partial charge < -0.3 is 19.7 Å². The van der Waals surface area contributed by atoms with Crippen molar-refractivity contribution in [3.05, 3.63) is 59.7 Å². The molecule has 1 saturated carbocycles. The number of carbonyl (C=O) groups excluding carboxylic acids is 2. The molecule has 1 atom stereocenters. The summed E-state index contributed by atoms with van der Waals surface area (Å²) in [5.41, 5.74) is 2.18. The summed E-state index contributed by atoms with van der Waals surface area (Å²) in [6, 6.07) is 15.3. The minimum absolute atomic E-state index is 0.0181. The van der Waals surface area contributed by atoms with Crippen molar-refractivity contribution in [2.24, 2.45) is 0 Å². The third kappa shape index (κ3) is 8.30. The van der Waals surface area contributed by atoms with Crippen LogP contribution in [0.4, 0.5) is 0 Å². The average Bonchev–Trinajstić information content (AvgIpc) is 2.87. The van der Waals surface area contributed by atoms with Gasteiger partial charge >= 0.3 is 0 Å². The molecule has 1 aliphatic rings. The molecule has 0 unspecified atom stereocenters. The lowest BCUT2D eigenvalue weighted by molar-refractivity contribution is -0.142. The van der Waals surface area contributed by atoms with E-state index in [1.54, 1.807) is 12.0 Å². The minimum atomic E-state index is -0.479. The molecule has 2 aromatic carbocycles. The highest BCUT2D eigenvalue weighted by Gasteiger charge is 2.30. The Morgan fingerprint density at radius 2 is 1.77 bits per heavy atom. The maximum atomic E-state index is 13.4. The molecule has 0 radical (unpaired) electrons. The van der Waals surface area contributed by atoms with E-state index in [-0.39, 0.29) is 17.9 Å². The predicted octanol–water partition coefficient (Wildman–Crippen LogP) is 5.42. The maximum Gasteiger partial charge on any atom is 0.243 e. The highest BCUT2D eigenvalue weighted by molar-refractivity contribution is 5.87. The smallest absolute Gasteiger partial charge is 0.243 e. The zero-order valence-corrected chi connectivity index (χ0v) is 21.4. The highest BCUT2D eigenvalue weighted by atomic mass is 16.5. The molecule has 0 bridgehead atoms. The molecule has 6 nitrogen and oxygen atoms in total. The van der Waals surface area contributed by atoms with Crippen LogP contribution in [0.25, 0.3) is 0 Å². The van der Waals surface area contributed by atoms with E-state index in [1.165, 1.54) is 6.42 Å². The summed E-state index contributed by atoms with van der Waals surface area (Å²) in [6.45, 7) is 4.88.